The summed E-state index contributed by atoms with van der Waals surface area (Å²) in [4.78, 5) is 25.4. The third kappa shape index (κ3) is 3.63. The second-order valence-electron chi connectivity index (χ2n) is 5.99. The summed E-state index contributed by atoms with van der Waals surface area (Å²) in [5.74, 6) is -0.569. The fourth-order valence-corrected chi connectivity index (χ4v) is 2.84. The number of nitrogens with zero attached hydrogens (tertiary/aromatic N) is 3. The number of nitrogens with one attached hydrogen (secondary N) is 1. The van der Waals surface area contributed by atoms with Gasteiger partial charge in [0.15, 0.2) is 6.10 Å². The van der Waals surface area contributed by atoms with Crippen LogP contribution in [0.5, 0.6) is 0 Å². The van der Waals surface area contributed by atoms with Gasteiger partial charge in [0.1, 0.15) is 0 Å². The van der Waals surface area contributed by atoms with Crippen molar-refractivity contribution in [1.29, 1.82) is 0 Å². The number of para-hydroxylation sites is 2. The number of hydrogen-bond donors (Lipinski definition) is 2. The number of amides is 3. The van der Waals surface area contributed by atoms with Crippen molar-refractivity contribution >= 4 is 17.6 Å². The first-order valence-electron chi connectivity index (χ1n) is 8.05. The highest BCUT2D eigenvalue weighted by Gasteiger charge is 2.28. The zero-order valence-electron chi connectivity index (χ0n) is 14.2. The van der Waals surface area contributed by atoms with Gasteiger partial charge < -0.3 is 20.7 Å². The van der Waals surface area contributed by atoms with Crippen molar-refractivity contribution in [2.24, 2.45) is 5.73 Å². The molecule has 1 aromatic heterocycles. The van der Waals surface area contributed by atoms with Gasteiger partial charge in [-0.3, -0.25) is 4.79 Å². The van der Waals surface area contributed by atoms with Crippen LogP contribution in [0.15, 0.2) is 30.3 Å². The number of primary amides is 1. The fourth-order valence-electron chi connectivity index (χ4n) is 2.84. The van der Waals surface area contributed by atoms with Crippen LogP contribution in [0.3, 0.4) is 0 Å². The van der Waals surface area contributed by atoms with E-state index in [1.165, 1.54) is 4.90 Å². The molecule has 0 saturated carbocycles. The lowest BCUT2D eigenvalue weighted by Gasteiger charge is -2.31. The smallest absolute Gasteiger partial charge is 0.322 e. The molecule has 1 aliphatic heterocycles. The molecular formula is C17H21N5O3. The maximum Gasteiger partial charge on any atom is 0.322 e. The molecule has 2 heterocycles. The molecule has 3 rings (SSSR count). The number of aryl methyl sites for hydroxylation is 2. The van der Waals surface area contributed by atoms with Gasteiger partial charge in [0, 0.05) is 12.2 Å². The highest BCUT2D eigenvalue weighted by molar-refractivity contribution is 5.92. The van der Waals surface area contributed by atoms with Crippen molar-refractivity contribution in [3.8, 4) is 5.69 Å². The van der Waals surface area contributed by atoms with Crippen LogP contribution >= 0.6 is 0 Å². The number of aromatic nitrogens is 2. The molecule has 132 valence electrons. The number of morpholine rings is 1. The number of rotatable bonds is 3. The summed E-state index contributed by atoms with van der Waals surface area (Å²) in [5.41, 5.74) is 8.56. The molecule has 1 saturated heterocycles. The molecule has 8 nitrogen and oxygen atoms in total. The van der Waals surface area contributed by atoms with Crippen LogP contribution in [-0.2, 0) is 9.53 Å². The maximum atomic E-state index is 12.6. The Kier molecular flexibility index (Phi) is 4.71. The van der Waals surface area contributed by atoms with E-state index in [1.54, 1.807) is 4.68 Å². The van der Waals surface area contributed by atoms with Gasteiger partial charge in [-0.15, -0.1) is 0 Å². The number of hydrogen-bond acceptors (Lipinski definition) is 4. The number of urea groups is 1. The van der Waals surface area contributed by atoms with E-state index >= 15 is 0 Å². The molecule has 0 aliphatic carbocycles. The minimum atomic E-state index is -0.772. The Hall–Kier alpha value is -2.87. The van der Waals surface area contributed by atoms with Crippen molar-refractivity contribution in [3.63, 3.8) is 0 Å². The first-order chi connectivity index (χ1) is 12.0. The summed E-state index contributed by atoms with van der Waals surface area (Å²) in [6, 6.07) is 9.10. The number of nitrogens with two attached hydrogens (primary N) is 1. The summed E-state index contributed by atoms with van der Waals surface area (Å²) < 4.78 is 7.06. The van der Waals surface area contributed by atoms with Crippen molar-refractivity contribution in [3.05, 3.63) is 41.7 Å². The minimum Gasteiger partial charge on any atom is -0.367 e. The molecule has 3 N–H and O–H groups in total. The third-order valence-electron chi connectivity index (χ3n) is 4.05. The molecule has 1 fully saturated rings. The Labute approximate surface area is 145 Å². The topological polar surface area (TPSA) is 102 Å². The Morgan fingerprint density at radius 2 is 2.08 bits per heavy atom. The third-order valence-corrected chi connectivity index (χ3v) is 4.05. The van der Waals surface area contributed by atoms with Gasteiger partial charge in [0.2, 0.25) is 5.91 Å². The van der Waals surface area contributed by atoms with E-state index in [0.29, 0.717) is 12.2 Å². The lowest BCUT2D eigenvalue weighted by molar-refractivity contribution is -0.133. The van der Waals surface area contributed by atoms with Crippen LogP contribution in [0.25, 0.3) is 5.69 Å². The molecule has 0 bridgehead atoms. The van der Waals surface area contributed by atoms with Crippen molar-refractivity contribution in [1.82, 2.24) is 14.7 Å². The largest absolute Gasteiger partial charge is 0.367 e. The van der Waals surface area contributed by atoms with Gasteiger partial charge in [-0.1, -0.05) is 12.1 Å². The van der Waals surface area contributed by atoms with Crippen molar-refractivity contribution < 1.29 is 14.3 Å². The molecule has 2 aromatic rings. The Morgan fingerprint density at radius 1 is 1.32 bits per heavy atom. The van der Waals surface area contributed by atoms with E-state index in [0.717, 1.165) is 17.1 Å². The van der Waals surface area contributed by atoms with Gasteiger partial charge in [-0.2, -0.15) is 5.10 Å². The number of carbonyl (C=O) groups is 2. The van der Waals surface area contributed by atoms with Crippen LogP contribution in [-0.4, -0.2) is 52.4 Å². The van der Waals surface area contributed by atoms with Crippen LogP contribution < -0.4 is 11.1 Å². The number of carbonyl (C=O) groups excluding carboxylic acids is 2. The summed E-state index contributed by atoms with van der Waals surface area (Å²) >= 11 is 0. The molecule has 1 aromatic carbocycles. The second kappa shape index (κ2) is 6.94. The quantitative estimate of drug-likeness (QED) is 0.874. The van der Waals surface area contributed by atoms with E-state index < -0.39 is 12.0 Å². The predicted octanol–water partition coefficient (Wildman–Crippen LogP) is 1.21. The molecule has 8 heteroatoms. The highest BCUT2D eigenvalue weighted by Crippen LogP contribution is 2.22. The Balaban J connectivity index is 1.80. The lowest BCUT2D eigenvalue weighted by Crippen LogP contribution is -2.51. The molecule has 0 radical (unpaired) electrons. The molecule has 0 unspecified atom stereocenters. The number of anilines is 1. The maximum absolute atomic E-state index is 12.6. The molecule has 1 aliphatic rings. The summed E-state index contributed by atoms with van der Waals surface area (Å²) in [6.07, 6.45) is -0.772. The van der Waals surface area contributed by atoms with Gasteiger partial charge in [-0.25, -0.2) is 9.48 Å². The van der Waals surface area contributed by atoms with Crippen LogP contribution in [0.2, 0.25) is 0 Å². The minimum absolute atomic E-state index is 0.142. The molecule has 25 heavy (non-hydrogen) atoms. The molecular weight excluding hydrogens is 322 g/mol. The van der Waals surface area contributed by atoms with Gasteiger partial charge in [0.05, 0.1) is 30.2 Å². The first-order valence-corrected chi connectivity index (χ1v) is 8.05. The first kappa shape index (κ1) is 17.0. The van der Waals surface area contributed by atoms with Crippen molar-refractivity contribution in [2.75, 3.05) is 25.0 Å². The fraction of sp³-hybridized carbons (Fsp3) is 0.353. The SMILES string of the molecule is Cc1cc(C)n(-c2ccccc2NC(=O)N2CCO[C@H](C(N)=O)C2)n1. The summed E-state index contributed by atoms with van der Waals surface area (Å²) in [7, 11) is 0. The Morgan fingerprint density at radius 3 is 2.76 bits per heavy atom. The second-order valence-corrected chi connectivity index (χ2v) is 5.99. The Bertz CT molecular complexity index is 801. The average molecular weight is 343 g/mol. The lowest BCUT2D eigenvalue weighted by atomic mass is 10.2. The number of ether oxygens (including phenoxy) is 1. The van der Waals surface area contributed by atoms with Crippen LogP contribution in [0.4, 0.5) is 10.5 Å². The number of benzene rings is 1. The van der Waals surface area contributed by atoms with E-state index in [1.807, 2.05) is 44.2 Å². The van der Waals surface area contributed by atoms with Gasteiger partial charge in [-0.05, 0) is 32.0 Å². The van der Waals surface area contributed by atoms with Gasteiger partial charge >= 0.3 is 6.03 Å². The summed E-state index contributed by atoms with van der Waals surface area (Å²) in [6.45, 7) is 4.70. The van der Waals surface area contributed by atoms with Gasteiger partial charge in [0.25, 0.3) is 0 Å². The van der Waals surface area contributed by atoms with Crippen LogP contribution in [0.1, 0.15) is 11.4 Å². The van der Waals surface area contributed by atoms with E-state index in [4.69, 9.17) is 10.5 Å². The zero-order valence-corrected chi connectivity index (χ0v) is 14.2. The molecule has 3 amide bonds. The average Bonchev–Trinajstić information content (AvgIpc) is 2.93. The van der Waals surface area contributed by atoms with E-state index in [9.17, 15) is 9.59 Å². The molecule has 1 atom stereocenters. The van der Waals surface area contributed by atoms with Crippen LogP contribution in [0, 0.1) is 13.8 Å². The zero-order chi connectivity index (χ0) is 18.0. The summed E-state index contributed by atoms with van der Waals surface area (Å²) in [5, 5.41) is 7.36. The predicted molar refractivity (Wildman–Crippen MR) is 92.6 cm³/mol. The van der Waals surface area contributed by atoms with E-state index in [-0.39, 0.29) is 19.2 Å². The van der Waals surface area contributed by atoms with Crippen molar-refractivity contribution in [2.45, 2.75) is 20.0 Å². The standard InChI is InChI=1S/C17H21N5O3/c1-11-9-12(2)22(20-11)14-6-4-3-5-13(14)19-17(24)21-7-8-25-15(10-21)16(18)23/h3-6,9,15H,7-8,10H2,1-2H3,(H2,18,23)(H,19,24)/t15-/m0/s1. The monoisotopic (exact) mass is 343 g/mol. The molecule has 0 spiro atoms. The normalized spacial score (nSPS) is 17.4. The van der Waals surface area contributed by atoms with E-state index in [2.05, 4.69) is 10.4 Å². The highest BCUT2D eigenvalue weighted by atomic mass is 16.5.